The average molecular weight is 521 g/mol. The number of phenols is 1. The number of hydrogen-bond acceptors (Lipinski definition) is 8. The van der Waals surface area contributed by atoms with Gasteiger partial charge in [0.05, 0.1) is 24.9 Å². The van der Waals surface area contributed by atoms with E-state index in [0.29, 0.717) is 48.5 Å². The number of allylic oxidation sites excluding steroid dienone is 3. The van der Waals surface area contributed by atoms with Gasteiger partial charge in [-0.2, -0.15) is 0 Å². The van der Waals surface area contributed by atoms with Crippen molar-refractivity contribution in [2.75, 3.05) is 13.7 Å². The van der Waals surface area contributed by atoms with Crippen LogP contribution in [0.1, 0.15) is 62.6 Å². The Kier molecular flexibility index (Phi) is 6.69. The molecule has 200 valence electrons. The van der Waals surface area contributed by atoms with Crippen LogP contribution in [-0.4, -0.2) is 47.4 Å². The van der Waals surface area contributed by atoms with Crippen LogP contribution in [0.25, 0.3) is 5.57 Å². The van der Waals surface area contributed by atoms with Crippen LogP contribution in [0.5, 0.6) is 23.0 Å². The lowest BCUT2D eigenvalue weighted by molar-refractivity contribution is -0.141. The van der Waals surface area contributed by atoms with Crippen LogP contribution >= 0.6 is 0 Å². The van der Waals surface area contributed by atoms with Crippen LogP contribution in [-0.2, 0) is 20.7 Å². The summed E-state index contributed by atoms with van der Waals surface area (Å²) >= 11 is 0. The maximum Gasteiger partial charge on any atom is 0.374 e. The molecule has 2 aromatic carbocycles. The highest BCUT2D eigenvalue weighted by atomic mass is 16.6. The van der Waals surface area contributed by atoms with Crippen molar-refractivity contribution in [2.24, 2.45) is 0 Å². The van der Waals surface area contributed by atoms with Crippen LogP contribution in [0, 0.1) is 0 Å². The molecule has 2 N–H and O–H groups in total. The first kappa shape index (κ1) is 25.9. The Morgan fingerprint density at radius 3 is 2.53 bits per heavy atom. The number of methoxy groups -OCH3 is 1. The van der Waals surface area contributed by atoms with Crippen molar-refractivity contribution in [3.8, 4) is 23.0 Å². The highest BCUT2D eigenvalue weighted by molar-refractivity contribution is 5.97. The fourth-order valence-electron chi connectivity index (χ4n) is 5.39. The third-order valence-corrected chi connectivity index (χ3v) is 7.39. The molecule has 2 unspecified atom stereocenters. The smallest absolute Gasteiger partial charge is 0.374 e. The second-order valence-electron chi connectivity index (χ2n) is 10.4. The summed E-state index contributed by atoms with van der Waals surface area (Å²) in [5.41, 5.74) is 3.00. The summed E-state index contributed by atoms with van der Waals surface area (Å²) in [6.07, 6.45) is 2.97. The van der Waals surface area contributed by atoms with Gasteiger partial charge in [-0.05, 0) is 63.0 Å². The van der Waals surface area contributed by atoms with Crippen molar-refractivity contribution in [1.82, 2.24) is 0 Å². The minimum atomic E-state index is -1.08. The number of benzene rings is 2. The highest BCUT2D eigenvalue weighted by Crippen LogP contribution is 2.52. The molecule has 0 aromatic heterocycles. The van der Waals surface area contributed by atoms with Gasteiger partial charge in [-0.15, -0.1) is 0 Å². The SMILES string of the molecule is CCOC(=O)C1=CC(=C2CCC(=O)C(c3ccc(O)cc3)C2)c2c(cc3c(c2OC)CC(C(C)(C)O)O3)O1. The molecule has 0 amide bonds. The largest absolute Gasteiger partial charge is 0.508 e. The number of Topliss-reactive ketones (excluding diaryl/α,β-unsaturated/α-hetero) is 1. The van der Waals surface area contributed by atoms with Crippen LogP contribution in [0.2, 0.25) is 0 Å². The first-order valence-corrected chi connectivity index (χ1v) is 12.8. The van der Waals surface area contributed by atoms with E-state index in [0.717, 1.165) is 22.3 Å². The monoisotopic (exact) mass is 520 g/mol. The van der Waals surface area contributed by atoms with Gasteiger partial charge < -0.3 is 29.2 Å². The number of esters is 1. The van der Waals surface area contributed by atoms with Crippen LogP contribution in [0.3, 0.4) is 0 Å². The fourth-order valence-corrected chi connectivity index (χ4v) is 5.39. The molecule has 0 bridgehead atoms. The van der Waals surface area contributed by atoms with E-state index in [1.807, 2.05) is 0 Å². The van der Waals surface area contributed by atoms with E-state index in [-0.39, 0.29) is 29.8 Å². The average Bonchev–Trinajstić information content (AvgIpc) is 3.32. The quantitative estimate of drug-likeness (QED) is 0.550. The van der Waals surface area contributed by atoms with Gasteiger partial charge in [-0.25, -0.2) is 4.79 Å². The van der Waals surface area contributed by atoms with Crippen LogP contribution in [0.4, 0.5) is 0 Å². The molecule has 1 saturated carbocycles. The Morgan fingerprint density at radius 2 is 1.87 bits per heavy atom. The molecule has 0 radical (unpaired) electrons. The maximum absolute atomic E-state index is 13.0. The summed E-state index contributed by atoms with van der Waals surface area (Å²) in [7, 11) is 1.57. The lowest BCUT2D eigenvalue weighted by Gasteiger charge is -2.29. The molecule has 2 aliphatic heterocycles. The van der Waals surface area contributed by atoms with Gasteiger partial charge in [-0.1, -0.05) is 17.7 Å². The zero-order valence-corrected chi connectivity index (χ0v) is 22.0. The Labute approximate surface area is 221 Å². The third kappa shape index (κ3) is 4.65. The molecule has 0 saturated heterocycles. The second-order valence-corrected chi connectivity index (χ2v) is 10.4. The summed E-state index contributed by atoms with van der Waals surface area (Å²) < 4.78 is 23.3. The van der Waals surface area contributed by atoms with Crippen molar-refractivity contribution in [3.63, 3.8) is 0 Å². The van der Waals surface area contributed by atoms with Gasteiger partial charge >= 0.3 is 5.97 Å². The number of ether oxygens (including phenoxy) is 4. The zero-order chi connectivity index (χ0) is 27.2. The Balaban J connectivity index is 1.65. The first-order valence-electron chi connectivity index (χ1n) is 12.8. The lowest BCUT2D eigenvalue weighted by atomic mass is 9.77. The summed E-state index contributed by atoms with van der Waals surface area (Å²) in [6, 6.07) is 8.43. The number of aliphatic hydroxyl groups is 1. The summed E-state index contributed by atoms with van der Waals surface area (Å²) in [5, 5.41) is 20.3. The normalized spacial score (nSPS) is 22.6. The number of hydrogen-bond donors (Lipinski definition) is 2. The Hall–Kier alpha value is -3.78. The van der Waals surface area contributed by atoms with Crippen molar-refractivity contribution >= 4 is 17.3 Å². The van der Waals surface area contributed by atoms with E-state index in [4.69, 9.17) is 18.9 Å². The van der Waals surface area contributed by atoms with Crippen LogP contribution in [0.15, 0.2) is 47.7 Å². The Bertz CT molecular complexity index is 1340. The number of carbonyl (C=O) groups excluding carboxylic acids is 2. The molecule has 0 spiro atoms. The molecular formula is C30H32O8. The summed E-state index contributed by atoms with van der Waals surface area (Å²) in [4.78, 5) is 25.7. The maximum atomic E-state index is 13.0. The molecule has 1 fully saturated rings. The van der Waals surface area contributed by atoms with Gasteiger partial charge in [0, 0.05) is 30.4 Å². The van der Waals surface area contributed by atoms with Crippen LogP contribution < -0.4 is 14.2 Å². The Morgan fingerprint density at radius 1 is 1.13 bits per heavy atom. The molecule has 2 heterocycles. The predicted molar refractivity (Wildman–Crippen MR) is 139 cm³/mol. The van der Waals surface area contributed by atoms with Gasteiger partial charge in [-0.3, -0.25) is 4.79 Å². The van der Waals surface area contributed by atoms with E-state index in [2.05, 4.69) is 0 Å². The van der Waals surface area contributed by atoms with Crippen molar-refractivity contribution in [1.29, 1.82) is 0 Å². The zero-order valence-electron chi connectivity index (χ0n) is 22.0. The predicted octanol–water partition coefficient (Wildman–Crippen LogP) is 4.61. The third-order valence-electron chi connectivity index (χ3n) is 7.39. The van der Waals surface area contributed by atoms with Crippen molar-refractivity contribution in [3.05, 3.63) is 64.4 Å². The molecule has 1 aliphatic carbocycles. The standard InChI is InChI=1S/C30H32O8/c1-5-36-29(33)25-13-20(17-8-11-22(32)19(12-17)16-6-9-18(31)10-7-16)27-24(37-25)15-23-21(28(27)35-4)14-26(38-23)30(2,3)34/h6-7,9-10,13,15,19,26,31,34H,5,8,11-12,14H2,1-4H3. The molecule has 5 rings (SSSR count). The molecule has 2 aromatic rings. The molecule has 8 nitrogen and oxygen atoms in total. The van der Waals surface area contributed by atoms with E-state index in [1.54, 1.807) is 64.3 Å². The number of carbonyl (C=O) groups is 2. The first-order chi connectivity index (χ1) is 18.1. The molecule has 3 aliphatic rings. The molecule has 38 heavy (non-hydrogen) atoms. The van der Waals surface area contributed by atoms with Crippen molar-refractivity contribution in [2.45, 2.75) is 64.1 Å². The minimum absolute atomic E-state index is 0.0407. The summed E-state index contributed by atoms with van der Waals surface area (Å²) in [6.45, 7) is 5.31. The number of fused-ring (bicyclic) bond motifs is 2. The molecule has 8 heteroatoms. The number of rotatable bonds is 5. The van der Waals surface area contributed by atoms with Gasteiger partial charge in [0.1, 0.15) is 34.9 Å². The lowest BCUT2D eigenvalue weighted by Crippen LogP contribution is -2.39. The topological polar surface area (TPSA) is 112 Å². The number of aromatic hydroxyl groups is 1. The molecular weight excluding hydrogens is 488 g/mol. The fraction of sp³-hybridized carbons (Fsp3) is 0.400. The number of ketones is 1. The van der Waals surface area contributed by atoms with Gasteiger partial charge in [0.2, 0.25) is 5.76 Å². The van der Waals surface area contributed by atoms with E-state index in [9.17, 15) is 19.8 Å². The van der Waals surface area contributed by atoms with E-state index in [1.165, 1.54) is 0 Å². The minimum Gasteiger partial charge on any atom is -0.508 e. The summed E-state index contributed by atoms with van der Waals surface area (Å²) in [5.74, 6) is 0.827. The number of phenolic OH excluding ortho intramolecular Hbond substituents is 1. The van der Waals surface area contributed by atoms with Gasteiger partial charge in [0.25, 0.3) is 0 Å². The van der Waals surface area contributed by atoms with E-state index < -0.39 is 17.7 Å². The van der Waals surface area contributed by atoms with Crippen molar-refractivity contribution < 1.29 is 38.7 Å². The second kappa shape index (κ2) is 9.83. The highest BCUT2D eigenvalue weighted by Gasteiger charge is 2.40. The van der Waals surface area contributed by atoms with Gasteiger partial charge in [0.15, 0.2) is 0 Å². The van der Waals surface area contributed by atoms with E-state index >= 15 is 0 Å². The molecule has 2 atom stereocenters.